The monoisotopic (exact) mass is 652 g/mol. The molecule has 5 rings (SSSR count). The third-order valence-electron chi connectivity index (χ3n) is 9.58. The molecule has 3 amide bonds. The van der Waals surface area contributed by atoms with E-state index in [1.807, 2.05) is 43.5 Å². The summed E-state index contributed by atoms with van der Waals surface area (Å²) in [5, 5.41) is 25.8. The Kier molecular flexibility index (Phi) is 11.0. The number of likely N-dealkylation sites (tertiary alicyclic amines) is 1. The Morgan fingerprint density at radius 1 is 1.15 bits per heavy atom. The summed E-state index contributed by atoms with van der Waals surface area (Å²) in [6.45, 7) is 8.81. The minimum Gasteiger partial charge on any atom is -0.394 e. The van der Waals surface area contributed by atoms with Crippen LogP contribution in [0.5, 0.6) is 0 Å². The number of rotatable bonds is 13. The summed E-state index contributed by atoms with van der Waals surface area (Å²) in [7, 11) is 0. The number of benzene rings is 2. The number of aliphatic hydroxyl groups excluding tert-OH is 1. The van der Waals surface area contributed by atoms with E-state index in [9.17, 15) is 24.6 Å². The maximum atomic E-state index is 14.1. The molecule has 0 radical (unpaired) electrons. The van der Waals surface area contributed by atoms with Crippen LogP contribution in [0.2, 0.25) is 0 Å². The lowest BCUT2D eigenvalue weighted by molar-refractivity contribution is -0.139. The lowest BCUT2D eigenvalue weighted by Gasteiger charge is -2.28. The summed E-state index contributed by atoms with van der Waals surface area (Å²) in [6.07, 6.45) is 13.2. The number of H-pyrrole nitrogens is 1. The third-order valence-corrected chi connectivity index (χ3v) is 9.58. The molecule has 2 aliphatic rings. The maximum Gasteiger partial charge on any atom is 0.264 e. The summed E-state index contributed by atoms with van der Waals surface area (Å²) in [5.41, 5.74) is 3.82. The van der Waals surface area contributed by atoms with Crippen molar-refractivity contribution in [1.29, 1.82) is 0 Å². The van der Waals surface area contributed by atoms with E-state index < -0.39 is 17.4 Å². The van der Waals surface area contributed by atoms with Gasteiger partial charge in [0.25, 0.3) is 5.91 Å². The van der Waals surface area contributed by atoms with Crippen molar-refractivity contribution in [2.75, 3.05) is 29.9 Å². The number of carbonyl (C=O) groups is 3. The fraction of sp³-hybridized carbons (Fsp3) is 0.410. The zero-order valence-corrected chi connectivity index (χ0v) is 28.5. The number of aromatic amines is 1. The van der Waals surface area contributed by atoms with Gasteiger partial charge in [-0.3, -0.25) is 14.4 Å². The van der Waals surface area contributed by atoms with Crippen molar-refractivity contribution in [1.82, 2.24) is 9.88 Å². The second-order valence-electron chi connectivity index (χ2n) is 13.4. The first kappa shape index (κ1) is 34.9. The smallest absolute Gasteiger partial charge is 0.264 e. The number of amides is 3. The predicted octanol–water partition coefficient (Wildman–Crippen LogP) is 6.14. The van der Waals surface area contributed by atoms with E-state index in [-0.39, 0.29) is 37.3 Å². The standard InChI is InChI=1S/C39H48N4O5/c1-26(2)10-7-11-27(3)19-21-43-35-18-17-30(41-36(45)22-29-24-40-34-15-6-5-14-32(29)34)23-33(35)39(48,38(43)47)28(4)12-8-16-37(46)42-20-9-13-31(42)25-44/h5-6,8,10,12,14-15,17-19,23-24,28,31,40,44,48H,7,9,11,13,16,20-22,25H2,1-4H3,(H,41,45)/b12-8+,27-19+/t28-,31+,39+/m1/s1. The van der Waals surface area contributed by atoms with Crippen molar-refractivity contribution in [3.63, 3.8) is 0 Å². The van der Waals surface area contributed by atoms with Gasteiger partial charge in [-0.15, -0.1) is 0 Å². The largest absolute Gasteiger partial charge is 0.394 e. The summed E-state index contributed by atoms with van der Waals surface area (Å²) >= 11 is 0. The van der Waals surface area contributed by atoms with Crippen molar-refractivity contribution in [2.24, 2.45) is 5.92 Å². The highest BCUT2D eigenvalue weighted by molar-refractivity contribution is 6.08. The Hall–Kier alpha value is -4.47. The molecular weight excluding hydrogens is 604 g/mol. The molecule has 0 aliphatic carbocycles. The molecule has 0 unspecified atom stereocenters. The van der Waals surface area contributed by atoms with Crippen LogP contribution in [0.3, 0.4) is 0 Å². The number of nitrogens with zero attached hydrogens (tertiary/aromatic N) is 2. The van der Waals surface area contributed by atoms with Crippen LogP contribution in [0.15, 0.2) is 84.1 Å². The van der Waals surface area contributed by atoms with Gasteiger partial charge in [0.1, 0.15) is 0 Å². The lowest BCUT2D eigenvalue weighted by Crippen LogP contribution is -2.44. The van der Waals surface area contributed by atoms with Gasteiger partial charge in [-0.1, -0.05) is 60.6 Å². The Bertz CT molecular complexity index is 1750. The Morgan fingerprint density at radius 2 is 1.94 bits per heavy atom. The van der Waals surface area contributed by atoms with Gasteiger partial charge in [0.15, 0.2) is 5.60 Å². The van der Waals surface area contributed by atoms with E-state index in [0.29, 0.717) is 30.0 Å². The fourth-order valence-corrected chi connectivity index (χ4v) is 6.78. The first-order valence-electron chi connectivity index (χ1n) is 16.9. The number of anilines is 2. The zero-order valence-electron chi connectivity index (χ0n) is 28.5. The van der Waals surface area contributed by atoms with Crippen LogP contribution in [-0.2, 0) is 26.4 Å². The van der Waals surface area contributed by atoms with E-state index in [4.69, 9.17) is 0 Å². The van der Waals surface area contributed by atoms with Crippen molar-refractivity contribution in [2.45, 2.75) is 77.9 Å². The molecule has 3 atom stereocenters. The molecule has 4 N–H and O–H groups in total. The number of fused-ring (bicyclic) bond motifs is 2. The number of hydrogen-bond acceptors (Lipinski definition) is 5. The minimum absolute atomic E-state index is 0.0593. The molecule has 3 aromatic rings. The molecule has 1 saturated heterocycles. The molecule has 1 fully saturated rings. The molecule has 1 aromatic heterocycles. The highest BCUT2D eigenvalue weighted by Crippen LogP contribution is 2.46. The van der Waals surface area contributed by atoms with Gasteiger partial charge in [0, 0.05) is 53.8 Å². The van der Waals surface area contributed by atoms with E-state index >= 15 is 0 Å². The van der Waals surface area contributed by atoms with Gasteiger partial charge in [-0.25, -0.2) is 0 Å². The Morgan fingerprint density at radius 3 is 2.71 bits per heavy atom. The highest BCUT2D eigenvalue weighted by atomic mass is 16.3. The summed E-state index contributed by atoms with van der Waals surface area (Å²) in [5.74, 6) is -1.42. The second kappa shape index (κ2) is 15.2. The molecule has 48 heavy (non-hydrogen) atoms. The van der Waals surface area contributed by atoms with Crippen molar-refractivity contribution in [3.05, 3.63) is 95.2 Å². The SMILES string of the molecule is CC(C)=CCC/C(C)=C/CN1C(=O)[C@](O)([C@H](C)/C=C/CC(=O)N2CCC[C@H]2CO)c2cc(NC(=O)Cc3c[nH]c4ccccc34)ccc21. The van der Waals surface area contributed by atoms with E-state index in [2.05, 4.69) is 30.2 Å². The molecule has 254 valence electrons. The summed E-state index contributed by atoms with van der Waals surface area (Å²) in [4.78, 5) is 46.7. The molecule has 0 saturated carbocycles. The normalized spacial score (nSPS) is 20.1. The molecule has 0 spiro atoms. The number of hydrogen-bond donors (Lipinski definition) is 4. The molecular formula is C39H48N4O5. The van der Waals surface area contributed by atoms with Crippen LogP contribution < -0.4 is 10.2 Å². The van der Waals surface area contributed by atoms with Crippen LogP contribution in [-0.4, -0.2) is 63.6 Å². The van der Waals surface area contributed by atoms with Gasteiger partial charge in [0.05, 0.1) is 24.8 Å². The van der Waals surface area contributed by atoms with Gasteiger partial charge in [0.2, 0.25) is 11.8 Å². The molecule has 9 heteroatoms. The molecule has 2 aliphatic heterocycles. The number of aromatic nitrogens is 1. The predicted molar refractivity (Wildman–Crippen MR) is 190 cm³/mol. The van der Waals surface area contributed by atoms with E-state index in [1.54, 1.807) is 47.1 Å². The number of para-hydroxylation sites is 1. The van der Waals surface area contributed by atoms with Crippen molar-refractivity contribution >= 4 is 40.0 Å². The van der Waals surface area contributed by atoms with Gasteiger partial charge in [-0.2, -0.15) is 0 Å². The van der Waals surface area contributed by atoms with Gasteiger partial charge >= 0.3 is 0 Å². The molecule has 3 heterocycles. The third kappa shape index (κ3) is 7.48. The fourth-order valence-electron chi connectivity index (χ4n) is 6.78. The maximum absolute atomic E-state index is 14.1. The van der Waals surface area contributed by atoms with E-state index in [1.165, 1.54) is 5.57 Å². The summed E-state index contributed by atoms with van der Waals surface area (Å²) in [6, 6.07) is 12.9. The number of carbonyl (C=O) groups excluding carboxylic acids is 3. The Labute approximate surface area is 283 Å². The number of nitrogens with one attached hydrogen (secondary N) is 2. The van der Waals surface area contributed by atoms with Gasteiger partial charge < -0.3 is 30.3 Å². The van der Waals surface area contributed by atoms with E-state index in [0.717, 1.165) is 47.7 Å². The summed E-state index contributed by atoms with van der Waals surface area (Å²) < 4.78 is 0. The van der Waals surface area contributed by atoms with Crippen LogP contribution in [0, 0.1) is 5.92 Å². The molecule has 0 bridgehead atoms. The topological polar surface area (TPSA) is 126 Å². The number of aliphatic hydroxyl groups is 2. The number of allylic oxidation sites excluding steroid dienone is 3. The van der Waals surface area contributed by atoms with Gasteiger partial charge in [-0.05, 0) is 76.3 Å². The average molecular weight is 653 g/mol. The molecule has 2 aromatic carbocycles. The van der Waals surface area contributed by atoms with Crippen LogP contribution in [0.25, 0.3) is 10.9 Å². The quantitative estimate of drug-likeness (QED) is 0.165. The Balaban J connectivity index is 1.38. The second-order valence-corrected chi connectivity index (χ2v) is 13.4. The highest BCUT2D eigenvalue weighted by Gasteiger charge is 2.52. The minimum atomic E-state index is -1.91. The zero-order chi connectivity index (χ0) is 34.4. The lowest BCUT2D eigenvalue weighted by atomic mass is 9.82. The molecule has 9 nitrogen and oxygen atoms in total. The first-order chi connectivity index (χ1) is 23.0. The van der Waals surface area contributed by atoms with Crippen molar-refractivity contribution < 1.29 is 24.6 Å². The first-order valence-corrected chi connectivity index (χ1v) is 16.9. The van der Waals surface area contributed by atoms with Crippen LogP contribution >= 0.6 is 0 Å². The van der Waals surface area contributed by atoms with Crippen molar-refractivity contribution in [3.8, 4) is 0 Å². The average Bonchev–Trinajstić information content (AvgIpc) is 3.76. The van der Waals surface area contributed by atoms with Crippen LogP contribution in [0.4, 0.5) is 11.4 Å². The van der Waals surface area contributed by atoms with Crippen LogP contribution in [0.1, 0.15) is 70.9 Å².